The van der Waals surface area contributed by atoms with Crippen molar-refractivity contribution in [2.45, 2.75) is 68.3 Å². The third kappa shape index (κ3) is 3.34. The highest BCUT2D eigenvalue weighted by molar-refractivity contribution is 7.89. The highest BCUT2D eigenvalue weighted by atomic mass is 32.2. The number of nitrogens with zero attached hydrogens (tertiary/aromatic N) is 3. The minimum Gasteiger partial charge on any atom is -0.365 e. The van der Waals surface area contributed by atoms with Crippen LogP contribution < -0.4 is 15.4 Å². The molecule has 1 atom stereocenters. The molecular formula is C19H29N5O3S. The highest BCUT2D eigenvalue weighted by Crippen LogP contribution is 2.42. The quantitative estimate of drug-likeness (QED) is 0.789. The van der Waals surface area contributed by atoms with Crippen LogP contribution in [0.15, 0.2) is 17.2 Å². The van der Waals surface area contributed by atoms with Gasteiger partial charge in [0.2, 0.25) is 15.9 Å². The number of hydrogen-bond acceptors (Lipinski definition) is 6. The van der Waals surface area contributed by atoms with Crippen LogP contribution in [0.1, 0.15) is 51.9 Å². The summed E-state index contributed by atoms with van der Waals surface area (Å²) in [5.74, 6) is 0.722. The molecule has 28 heavy (non-hydrogen) atoms. The van der Waals surface area contributed by atoms with Crippen molar-refractivity contribution in [2.75, 3.05) is 29.9 Å². The maximum absolute atomic E-state index is 13.5. The molecule has 1 aliphatic carbocycles. The number of nitrogens with two attached hydrogens (primary N) is 1. The third-order valence-corrected chi connectivity index (χ3v) is 7.24. The molecule has 0 aromatic carbocycles. The van der Waals surface area contributed by atoms with Gasteiger partial charge in [0.05, 0.1) is 5.69 Å². The molecule has 4 rings (SSSR count). The topological polar surface area (TPSA) is 109 Å². The zero-order chi connectivity index (χ0) is 19.9. The molecule has 0 bridgehead atoms. The van der Waals surface area contributed by atoms with Crippen molar-refractivity contribution >= 4 is 27.4 Å². The standard InChI is InChI=1S/C19H29N5O3S/c1-19(18(25)23-9-5-6-10-23)13-22-17-16(11-15(12-21-17)28(20,26)27)24(19)14-7-3-2-4-8-14/h11-12,14H,2-10,13H2,1H3,(H,21,22)(H2,20,26,27). The Morgan fingerprint density at radius 3 is 2.54 bits per heavy atom. The Labute approximate surface area is 166 Å². The lowest BCUT2D eigenvalue weighted by molar-refractivity contribution is -0.135. The van der Waals surface area contributed by atoms with Gasteiger partial charge in [-0.2, -0.15) is 0 Å². The number of amides is 1. The second-order valence-electron chi connectivity index (χ2n) is 8.37. The van der Waals surface area contributed by atoms with Crippen LogP contribution in [0.3, 0.4) is 0 Å². The Balaban J connectivity index is 1.80. The van der Waals surface area contributed by atoms with E-state index in [4.69, 9.17) is 5.14 Å². The van der Waals surface area contributed by atoms with Crippen LogP contribution in [0.25, 0.3) is 0 Å². The van der Waals surface area contributed by atoms with Gasteiger partial charge in [-0.15, -0.1) is 0 Å². The van der Waals surface area contributed by atoms with Gasteiger partial charge in [0.25, 0.3) is 0 Å². The van der Waals surface area contributed by atoms with Gasteiger partial charge in [0.15, 0.2) is 0 Å². The summed E-state index contributed by atoms with van der Waals surface area (Å²) in [4.78, 5) is 21.9. The van der Waals surface area contributed by atoms with Crippen molar-refractivity contribution in [1.29, 1.82) is 0 Å². The maximum atomic E-state index is 13.5. The smallest absolute Gasteiger partial charge is 0.250 e. The summed E-state index contributed by atoms with van der Waals surface area (Å²) in [5, 5.41) is 8.63. The zero-order valence-electron chi connectivity index (χ0n) is 16.4. The fourth-order valence-electron chi connectivity index (χ4n) is 4.90. The Hall–Kier alpha value is -1.87. The number of rotatable bonds is 3. The second kappa shape index (κ2) is 7.18. The number of pyridine rings is 1. The number of nitrogens with one attached hydrogen (secondary N) is 1. The van der Waals surface area contributed by atoms with E-state index in [1.807, 2.05) is 11.8 Å². The summed E-state index contributed by atoms with van der Waals surface area (Å²) in [5.41, 5.74) is -0.113. The van der Waals surface area contributed by atoms with E-state index < -0.39 is 15.6 Å². The number of carbonyl (C=O) groups is 1. The van der Waals surface area contributed by atoms with Gasteiger partial charge < -0.3 is 15.1 Å². The van der Waals surface area contributed by atoms with E-state index in [1.165, 1.54) is 12.6 Å². The van der Waals surface area contributed by atoms with E-state index in [0.29, 0.717) is 18.1 Å². The average molecular weight is 408 g/mol. The summed E-state index contributed by atoms with van der Waals surface area (Å²) >= 11 is 0. The van der Waals surface area contributed by atoms with Crippen LogP contribution in [-0.2, 0) is 14.8 Å². The molecule has 9 heteroatoms. The molecule has 3 N–H and O–H groups in total. The van der Waals surface area contributed by atoms with E-state index in [0.717, 1.165) is 51.6 Å². The summed E-state index contributed by atoms with van der Waals surface area (Å²) in [6.07, 6.45) is 8.75. The van der Waals surface area contributed by atoms with Crippen LogP contribution in [0.2, 0.25) is 0 Å². The van der Waals surface area contributed by atoms with Crippen molar-refractivity contribution in [2.24, 2.45) is 5.14 Å². The monoisotopic (exact) mass is 407 g/mol. The van der Waals surface area contributed by atoms with Crippen molar-refractivity contribution in [1.82, 2.24) is 9.88 Å². The summed E-state index contributed by atoms with van der Waals surface area (Å²) in [6, 6.07) is 1.76. The minimum absolute atomic E-state index is 0.0215. The van der Waals surface area contributed by atoms with Crippen LogP contribution in [0.4, 0.5) is 11.5 Å². The number of hydrogen-bond donors (Lipinski definition) is 2. The average Bonchev–Trinajstić information content (AvgIpc) is 3.21. The Bertz CT molecular complexity index is 862. The molecule has 0 spiro atoms. The van der Waals surface area contributed by atoms with E-state index in [9.17, 15) is 13.2 Å². The maximum Gasteiger partial charge on any atom is 0.250 e. The fourth-order valence-corrected chi connectivity index (χ4v) is 5.37. The van der Waals surface area contributed by atoms with E-state index >= 15 is 0 Å². The minimum atomic E-state index is -3.88. The predicted molar refractivity (Wildman–Crippen MR) is 108 cm³/mol. The fraction of sp³-hybridized carbons (Fsp3) is 0.684. The van der Waals surface area contributed by atoms with E-state index in [-0.39, 0.29) is 16.8 Å². The first-order valence-electron chi connectivity index (χ1n) is 10.2. The number of aromatic nitrogens is 1. The highest BCUT2D eigenvalue weighted by Gasteiger charge is 2.49. The van der Waals surface area contributed by atoms with Crippen LogP contribution in [0, 0.1) is 0 Å². The molecule has 1 unspecified atom stereocenters. The summed E-state index contributed by atoms with van der Waals surface area (Å²) in [7, 11) is -3.88. The van der Waals surface area contributed by atoms with Gasteiger partial charge in [-0.1, -0.05) is 19.3 Å². The largest absolute Gasteiger partial charge is 0.365 e. The second-order valence-corrected chi connectivity index (χ2v) is 9.93. The Morgan fingerprint density at radius 2 is 1.89 bits per heavy atom. The molecule has 2 fully saturated rings. The lowest BCUT2D eigenvalue weighted by atomic mass is 9.86. The van der Waals surface area contributed by atoms with Gasteiger partial charge in [-0.3, -0.25) is 4.79 Å². The number of primary sulfonamides is 1. The van der Waals surface area contributed by atoms with E-state index in [2.05, 4.69) is 15.2 Å². The van der Waals surface area contributed by atoms with Crippen LogP contribution >= 0.6 is 0 Å². The molecule has 2 aliphatic heterocycles. The number of sulfonamides is 1. The predicted octanol–water partition coefficient (Wildman–Crippen LogP) is 1.67. The molecule has 1 saturated heterocycles. The zero-order valence-corrected chi connectivity index (χ0v) is 17.2. The van der Waals surface area contributed by atoms with Crippen molar-refractivity contribution in [3.05, 3.63) is 12.3 Å². The summed E-state index contributed by atoms with van der Waals surface area (Å²) in [6.45, 7) is 4.00. The molecule has 1 aromatic rings. The Kier molecular flexibility index (Phi) is 4.99. The molecule has 154 valence electrons. The first kappa shape index (κ1) is 19.4. The van der Waals surface area contributed by atoms with Crippen LogP contribution in [0.5, 0.6) is 0 Å². The molecular weight excluding hydrogens is 378 g/mol. The number of likely N-dealkylation sites (tertiary alicyclic amines) is 1. The van der Waals surface area contributed by atoms with E-state index in [1.54, 1.807) is 6.07 Å². The van der Waals surface area contributed by atoms with Gasteiger partial charge in [-0.05, 0) is 38.7 Å². The summed E-state index contributed by atoms with van der Waals surface area (Å²) < 4.78 is 23.9. The lowest BCUT2D eigenvalue weighted by Crippen LogP contribution is -2.66. The first-order valence-corrected chi connectivity index (χ1v) is 11.7. The van der Waals surface area contributed by atoms with Crippen molar-refractivity contribution < 1.29 is 13.2 Å². The third-order valence-electron chi connectivity index (χ3n) is 6.36. The number of anilines is 2. The van der Waals surface area contributed by atoms with Crippen molar-refractivity contribution in [3.63, 3.8) is 0 Å². The molecule has 8 nitrogen and oxygen atoms in total. The van der Waals surface area contributed by atoms with Crippen molar-refractivity contribution in [3.8, 4) is 0 Å². The van der Waals surface area contributed by atoms with Gasteiger partial charge in [0, 0.05) is 31.9 Å². The molecule has 1 saturated carbocycles. The van der Waals surface area contributed by atoms with Gasteiger partial charge in [-0.25, -0.2) is 18.5 Å². The van der Waals surface area contributed by atoms with Gasteiger partial charge in [0.1, 0.15) is 16.3 Å². The lowest BCUT2D eigenvalue weighted by Gasteiger charge is -2.51. The molecule has 1 aromatic heterocycles. The molecule has 3 aliphatic rings. The normalized spacial score (nSPS) is 26.1. The Morgan fingerprint density at radius 1 is 1.21 bits per heavy atom. The molecule has 0 radical (unpaired) electrons. The van der Waals surface area contributed by atoms with Gasteiger partial charge >= 0.3 is 0 Å². The molecule has 3 heterocycles. The SMILES string of the molecule is CC1(C(=O)N2CCCC2)CNc2ncc(S(N)(=O)=O)cc2N1C1CCCCC1. The number of carbonyl (C=O) groups excluding carboxylic acids is 1. The first-order chi connectivity index (χ1) is 13.3. The number of fused-ring (bicyclic) bond motifs is 1. The molecule has 1 amide bonds. The van der Waals surface area contributed by atoms with Crippen LogP contribution in [-0.4, -0.2) is 55.4 Å².